The van der Waals surface area contributed by atoms with Gasteiger partial charge in [0.05, 0.1) is 17.6 Å². The minimum absolute atomic E-state index is 0.0484. The number of nitrogens with zero attached hydrogens (tertiary/aromatic N) is 1. The van der Waals surface area contributed by atoms with Crippen molar-refractivity contribution in [2.24, 2.45) is 0 Å². The summed E-state index contributed by atoms with van der Waals surface area (Å²) >= 11 is 7.50. The molecule has 1 N–H and O–H groups in total. The first-order valence-electron chi connectivity index (χ1n) is 5.52. The third kappa shape index (κ3) is 2.89. The van der Waals surface area contributed by atoms with Gasteiger partial charge < -0.3 is 5.32 Å². The van der Waals surface area contributed by atoms with Crippen molar-refractivity contribution in [3.05, 3.63) is 44.9 Å². The molecule has 0 aliphatic carbocycles. The van der Waals surface area contributed by atoms with Gasteiger partial charge in [-0.25, -0.2) is 4.98 Å². The van der Waals surface area contributed by atoms with E-state index in [1.807, 2.05) is 26.0 Å². The van der Waals surface area contributed by atoms with Crippen LogP contribution in [0.3, 0.4) is 0 Å². The first-order chi connectivity index (χ1) is 8.58. The van der Waals surface area contributed by atoms with E-state index in [0.29, 0.717) is 11.4 Å². The number of anilines is 1. The zero-order valence-electron chi connectivity index (χ0n) is 10.2. The standard InChI is InChI=1S/C13H13ClN2OS/c1-8-10(14)4-3-5-11(8)16-13(17)6-12-9(2)15-7-18-12/h3-5,7H,6H2,1-2H3,(H,16,17). The van der Waals surface area contributed by atoms with E-state index in [4.69, 9.17) is 11.6 Å². The summed E-state index contributed by atoms with van der Waals surface area (Å²) in [4.78, 5) is 17.0. The summed E-state index contributed by atoms with van der Waals surface area (Å²) in [6.45, 7) is 3.79. The maximum absolute atomic E-state index is 11.9. The van der Waals surface area contributed by atoms with Crippen LogP contribution in [0.4, 0.5) is 5.69 Å². The van der Waals surface area contributed by atoms with E-state index >= 15 is 0 Å². The van der Waals surface area contributed by atoms with Crippen LogP contribution in [0.5, 0.6) is 0 Å². The molecule has 0 radical (unpaired) electrons. The number of aryl methyl sites for hydroxylation is 1. The summed E-state index contributed by atoms with van der Waals surface area (Å²) in [7, 11) is 0. The van der Waals surface area contributed by atoms with Crippen molar-refractivity contribution >= 4 is 34.5 Å². The van der Waals surface area contributed by atoms with Crippen LogP contribution in [0, 0.1) is 13.8 Å². The van der Waals surface area contributed by atoms with Gasteiger partial charge >= 0.3 is 0 Å². The summed E-state index contributed by atoms with van der Waals surface area (Å²) in [6, 6.07) is 5.47. The molecule has 0 spiro atoms. The molecule has 94 valence electrons. The molecule has 0 atom stereocenters. The number of amides is 1. The van der Waals surface area contributed by atoms with Crippen molar-refractivity contribution < 1.29 is 4.79 Å². The predicted molar refractivity (Wildman–Crippen MR) is 75.4 cm³/mol. The average Bonchev–Trinajstić information content (AvgIpc) is 2.71. The summed E-state index contributed by atoms with van der Waals surface area (Å²) in [5.41, 5.74) is 4.31. The second-order valence-corrected chi connectivity index (χ2v) is 5.34. The number of carbonyl (C=O) groups excluding carboxylic acids is 1. The van der Waals surface area contributed by atoms with E-state index in [1.54, 1.807) is 11.6 Å². The number of carbonyl (C=O) groups is 1. The summed E-state index contributed by atoms with van der Waals surface area (Å²) in [5.74, 6) is -0.0484. The Hall–Kier alpha value is -1.39. The van der Waals surface area contributed by atoms with Crippen molar-refractivity contribution in [2.75, 3.05) is 5.32 Å². The molecule has 1 aromatic carbocycles. The minimum Gasteiger partial charge on any atom is -0.325 e. The van der Waals surface area contributed by atoms with Crippen LogP contribution in [0.2, 0.25) is 5.02 Å². The Balaban J connectivity index is 2.08. The number of aromatic nitrogens is 1. The molecule has 1 aromatic heterocycles. The minimum atomic E-state index is -0.0484. The second kappa shape index (κ2) is 5.50. The van der Waals surface area contributed by atoms with Gasteiger partial charge in [0.1, 0.15) is 0 Å². The van der Waals surface area contributed by atoms with Gasteiger partial charge in [-0.1, -0.05) is 17.7 Å². The molecule has 0 unspecified atom stereocenters. The number of halogens is 1. The highest BCUT2D eigenvalue weighted by atomic mass is 35.5. The van der Waals surface area contributed by atoms with E-state index in [0.717, 1.165) is 21.8 Å². The molecule has 3 nitrogen and oxygen atoms in total. The van der Waals surface area contributed by atoms with Crippen molar-refractivity contribution in [2.45, 2.75) is 20.3 Å². The second-order valence-electron chi connectivity index (χ2n) is 4.00. The lowest BCUT2D eigenvalue weighted by atomic mass is 10.2. The zero-order valence-corrected chi connectivity index (χ0v) is 11.7. The molecule has 0 aliphatic heterocycles. The topological polar surface area (TPSA) is 42.0 Å². The fraction of sp³-hybridized carbons (Fsp3) is 0.231. The lowest BCUT2D eigenvalue weighted by Gasteiger charge is -2.09. The number of nitrogens with one attached hydrogen (secondary N) is 1. The fourth-order valence-corrected chi connectivity index (χ4v) is 2.53. The van der Waals surface area contributed by atoms with Crippen LogP contribution in [0.25, 0.3) is 0 Å². The first kappa shape index (κ1) is 13.1. The monoisotopic (exact) mass is 280 g/mol. The van der Waals surface area contributed by atoms with E-state index in [-0.39, 0.29) is 5.91 Å². The number of hydrogen-bond donors (Lipinski definition) is 1. The van der Waals surface area contributed by atoms with Crippen molar-refractivity contribution in [1.82, 2.24) is 4.98 Å². The number of thiazole rings is 1. The Labute approximate surface area is 115 Å². The van der Waals surface area contributed by atoms with Gasteiger partial charge in [-0.05, 0) is 31.5 Å². The average molecular weight is 281 g/mol. The molecule has 0 fully saturated rings. The molecular formula is C13H13ClN2OS. The van der Waals surface area contributed by atoms with Gasteiger partial charge in [0.2, 0.25) is 5.91 Å². The highest BCUT2D eigenvalue weighted by Gasteiger charge is 2.10. The predicted octanol–water partition coefficient (Wildman–Crippen LogP) is 3.59. The summed E-state index contributed by atoms with van der Waals surface area (Å²) in [5, 5.41) is 3.53. The van der Waals surface area contributed by atoms with Gasteiger partial charge in [-0.3, -0.25) is 4.79 Å². The van der Waals surface area contributed by atoms with Crippen molar-refractivity contribution in [1.29, 1.82) is 0 Å². The van der Waals surface area contributed by atoms with Crippen LogP contribution < -0.4 is 5.32 Å². The molecule has 1 heterocycles. The Kier molecular flexibility index (Phi) is 3.99. The molecule has 0 bridgehead atoms. The summed E-state index contributed by atoms with van der Waals surface area (Å²) in [6.07, 6.45) is 0.350. The third-order valence-electron chi connectivity index (χ3n) is 2.71. The van der Waals surface area contributed by atoms with Crippen LogP contribution in [-0.4, -0.2) is 10.9 Å². The SMILES string of the molecule is Cc1ncsc1CC(=O)Nc1cccc(Cl)c1C. The highest BCUT2D eigenvalue weighted by Crippen LogP contribution is 2.23. The van der Waals surface area contributed by atoms with Crippen LogP contribution in [-0.2, 0) is 11.2 Å². The smallest absolute Gasteiger partial charge is 0.229 e. The Morgan fingerprint density at radius 1 is 1.44 bits per heavy atom. The van der Waals surface area contributed by atoms with Gasteiger partial charge in [0, 0.05) is 15.6 Å². The van der Waals surface area contributed by atoms with E-state index in [9.17, 15) is 4.79 Å². The maximum Gasteiger partial charge on any atom is 0.229 e. The van der Waals surface area contributed by atoms with E-state index in [1.165, 1.54) is 11.3 Å². The van der Waals surface area contributed by atoms with Crippen LogP contribution in [0.15, 0.2) is 23.7 Å². The summed E-state index contributed by atoms with van der Waals surface area (Å²) < 4.78 is 0. The highest BCUT2D eigenvalue weighted by molar-refractivity contribution is 7.09. The number of benzene rings is 1. The normalized spacial score (nSPS) is 10.4. The molecule has 2 aromatic rings. The van der Waals surface area contributed by atoms with Gasteiger partial charge in [-0.15, -0.1) is 11.3 Å². The number of rotatable bonds is 3. The molecule has 0 aliphatic rings. The van der Waals surface area contributed by atoms with E-state index < -0.39 is 0 Å². The lowest BCUT2D eigenvalue weighted by molar-refractivity contribution is -0.115. The molecule has 18 heavy (non-hydrogen) atoms. The van der Waals surface area contributed by atoms with E-state index in [2.05, 4.69) is 10.3 Å². The third-order valence-corrected chi connectivity index (χ3v) is 4.05. The largest absolute Gasteiger partial charge is 0.325 e. The molecule has 0 saturated heterocycles. The van der Waals surface area contributed by atoms with Gasteiger partial charge in [0.25, 0.3) is 0 Å². The van der Waals surface area contributed by atoms with Gasteiger partial charge in [0.15, 0.2) is 0 Å². The lowest BCUT2D eigenvalue weighted by Crippen LogP contribution is -2.15. The molecule has 1 amide bonds. The number of hydrogen-bond acceptors (Lipinski definition) is 3. The molecule has 2 rings (SSSR count). The molecule has 0 saturated carbocycles. The Bertz CT molecular complexity index is 580. The zero-order chi connectivity index (χ0) is 13.1. The van der Waals surface area contributed by atoms with Crippen molar-refractivity contribution in [3.8, 4) is 0 Å². The quantitative estimate of drug-likeness (QED) is 0.933. The molecular weight excluding hydrogens is 268 g/mol. The van der Waals surface area contributed by atoms with Crippen LogP contribution in [0.1, 0.15) is 16.1 Å². The Morgan fingerprint density at radius 2 is 2.22 bits per heavy atom. The van der Waals surface area contributed by atoms with Crippen LogP contribution >= 0.6 is 22.9 Å². The fourth-order valence-electron chi connectivity index (χ4n) is 1.58. The Morgan fingerprint density at radius 3 is 2.89 bits per heavy atom. The van der Waals surface area contributed by atoms with Crippen molar-refractivity contribution in [3.63, 3.8) is 0 Å². The maximum atomic E-state index is 11.9. The van der Waals surface area contributed by atoms with Gasteiger partial charge in [-0.2, -0.15) is 0 Å². The molecule has 5 heteroatoms. The first-order valence-corrected chi connectivity index (χ1v) is 6.77.